The minimum Gasteiger partial charge on any atom is -0.497 e. The number of urea groups is 1. The molecule has 0 atom stereocenters. The highest BCUT2D eigenvalue weighted by Crippen LogP contribution is 2.28. The van der Waals surface area contributed by atoms with Crippen molar-refractivity contribution in [3.8, 4) is 11.4 Å². The van der Waals surface area contributed by atoms with Crippen LogP contribution in [0.3, 0.4) is 0 Å². The highest BCUT2D eigenvalue weighted by atomic mass is 16.5. The van der Waals surface area contributed by atoms with E-state index in [1.807, 2.05) is 62.4 Å². The van der Waals surface area contributed by atoms with Crippen LogP contribution in [0.5, 0.6) is 5.75 Å². The molecule has 1 heterocycles. The monoisotopic (exact) mass is 539 g/mol. The number of carbonyl (C=O) groups is 2. The molecular formula is C32H37N5O3. The molecular weight excluding hydrogens is 502 g/mol. The zero-order chi connectivity index (χ0) is 28.9. The Hall–Kier alpha value is -4.59. The number of nitrogens with zero attached hydrogens (tertiary/aromatic N) is 3. The fourth-order valence-electron chi connectivity index (χ4n) is 4.33. The molecule has 2 N–H and O–H groups in total. The molecule has 0 aliphatic heterocycles. The second-order valence-electron chi connectivity index (χ2n) is 10.9. The van der Waals surface area contributed by atoms with Gasteiger partial charge in [-0.05, 0) is 43.2 Å². The zero-order valence-electron chi connectivity index (χ0n) is 24.0. The SMILES string of the molecule is COc1cccc(NC(=O)N(CC(=O)Nc2cc(C(C)(C)C)nn2-c2ccc(C)cc2C)Cc2ccccc2)c1. The van der Waals surface area contributed by atoms with E-state index >= 15 is 0 Å². The number of aromatic nitrogens is 2. The molecule has 0 unspecified atom stereocenters. The Morgan fingerprint density at radius 1 is 0.925 bits per heavy atom. The van der Waals surface area contributed by atoms with Crippen molar-refractivity contribution in [1.82, 2.24) is 14.7 Å². The van der Waals surface area contributed by atoms with Gasteiger partial charge in [-0.1, -0.05) is 74.9 Å². The van der Waals surface area contributed by atoms with Crippen molar-refractivity contribution >= 4 is 23.4 Å². The number of benzene rings is 3. The van der Waals surface area contributed by atoms with Gasteiger partial charge >= 0.3 is 6.03 Å². The van der Waals surface area contributed by atoms with E-state index in [1.54, 1.807) is 36.1 Å². The van der Waals surface area contributed by atoms with Crippen LogP contribution in [0.15, 0.2) is 78.9 Å². The number of methoxy groups -OCH3 is 1. The summed E-state index contributed by atoms with van der Waals surface area (Å²) in [6, 6.07) is 24.3. The van der Waals surface area contributed by atoms with Gasteiger partial charge in [0.15, 0.2) is 0 Å². The van der Waals surface area contributed by atoms with Crippen molar-refractivity contribution in [2.45, 2.75) is 46.6 Å². The number of carbonyl (C=O) groups excluding carboxylic acids is 2. The van der Waals surface area contributed by atoms with Crippen molar-refractivity contribution in [2.75, 3.05) is 24.3 Å². The lowest BCUT2D eigenvalue weighted by atomic mass is 9.92. The summed E-state index contributed by atoms with van der Waals surface area (Å²) in [6.07, 6.45) is 0. The van der Waals surface area contributed by atoms with E-state index in [4.69, 9.17) is 9.84 Å². The summed E-state index contributed by atoms with van der Waals surface area (Å²) in [5.74, 6) is 0.845. The molecule has 4 rings (SSSR count). The summed E-state index contributed by atoms with van der Waals surface area (Å²) < 4.78 is 7.04. The number of hydrogen-bond donors (Lipinski definition) is 2. The average Bonchev–Trinajstić information content (AvgIpc) is 3.33. The smallest absolute Gasteiger partial charge is 0.322 e. The average molecular weight is 540 g/mol. The Bertz CT molecular complexity index is 1490. The van der Waals surface area contributed by atoms with Crippen LogP contribution in [-0.2, 0) is 16.8 Å². The van der Waals surface area contributed by atoms with E-state index in [1.165, 1.54) is 4.90 Å². The largest absolute Gasteiger partial charge is 0.497 e. The van der Waals surface area contributed by atoms with Gasteiger partial charge in [-0.25, -0.2) is 9.48 Å². The van der Waals surface area contributed by atoms with Crippen molar-refractivity contribution < 1.29 is 14.3 Å². The minimum atomic E-state index is -0.398. The van der Waals surface area contributed by atoms with Gasteiger partial charge in [-0.2, -0.15) is 5.10 Å². The number of nitrogens with one attached hydrogen (secondary N) is 2. The van der Waals surface area contributed by atoms with Crippen molar-refractivity contribution in [1.29, 1.82) is 0 Å². The number of anilines is 2. The Kier molecular flexibility index (Phi) is 8.58. The predicted molar refractivity (Wildman–Crippen MR) is 159 cm³/mol. The van der Waals surface area contributed by atoms with Crippen LogP contribution >= 0.6 is 0 Å². The van der Waals surface area contributed by atoms with Gasteiger partial charge in [0.1, 0.15) is 18.1 Å². The van der Waals surface area contributed by atoms with Crippen LogP contribution in [0.25, 0.3) is 5.69 Å². The first kappa shape index (κ1) is 28.4. The standard InChI is InChI=1S/C32H37N5O3/c1-22-15-16-27(23(2)17-22)37-29(19-28(35-37)32(3,4)5)34-30(38)21-36(20-24-11-8-7-9-12-24)31(39)33-25-13-10-14-26(18-25)40-6/h7-19H,20-21H2,1-6H3,(H,33,39)(H,34,38). The molecule has 3 aromatic carbocycles. The van der Waals surface area contributed by atoms with Crippen LogP contribution in [0.4, 0.5) is 16.3 Å². The normalized spacial score (nSPS) is 11.2. The van der Waals surface area contributed by atoms with Crippen LogP contribution in [0.1, 0.15) is 43.2 Å². The van der Waals surface area contributed by atoms with Crippen LogP contribution in [0, 0.1) is 13.8 Å². The third-order valence-corrected chi connectivity index (χ3v) is 6.48. The molecule has 8 nitrogen and oxygen atoms in total. The van der Waals surface area contributed by atoms with E-state index in [-0.39, 0.29) is 24.4 Å². The number of aryl methyl sites for hydroxylation is 2. The first-order valence-corrected chi connectivity index (χ1v) is 13.3. The van der Waals surface area contributed by atoms with E-state index in [9.17, 15) is 9.59 Å². The minimum absolute atomic E-state index is 0.159. The highest BCUT2D eigenvalue weighted by molar-refractivity contribution is 5.97. The molecule has 0 aliphatic carbocycles. The summed E-state index contributed by atoms with van der Waals surface area (Å²) in [5, 5.41) is 10.8. The molecule has 0 radical (unpaired) electrons. The Morgan fingerprint density at radius 3 is 2.35 bits per heavy atom. The van der Waals surface area contributed by atoms with Gasteiger partial charge in [0.25, 0.3) is 0 Å². The second kappa shape index (κ2) is 12.1. The van der Waals surface area contributed by atoms with Crippen LogP contribution < -0.4 is 15.4 Å². The third-order valence-electron chi connectivity index (χ3n) is 6.48. The third kappa shape index (κ3) is 7.08. The molecule has 0 saturated carbocycles. The maximum Gasteiger partial charge on any atom is 0.322 e. The molecule has 0 spiro atoms. The first-order chi connectivity index (χ1) is 19.0. The van der Waals surface area contributed by atoms with Gasteiger partial charge in [0.2, 0.25) is 5.91 Å². The highest BCUT2D eigenvalue weighted by Gasteiger charge is 2.24. The van der Waals surface area contributed by atoms with E-state index in [2.05, 4.69) is 37.5 Å². The molecule has 3 amide bonds. The van der Waals surface area contributed by atoms with Crippen molar-refractivity contribution in [2.24, 2.45) is 0 Å². The number of amides is 3. The number of ether oxygens (including phenoxy) is 1. The van der Waals surface area contributed by atoms with E-state index in [0.717, 1.165) is 28.1 Å². The molecule has 4 aromatic rings. The molecule has 208 valence electrons. The van der Waals surface area contributed by atoms with E-state index in [0.29, 0.717) is 17.3 Å². The van der Waals surface area contributed by atoms with Gasteiger partial charge in [0.05, 0.1) is 18.5 Å². The molecule has 0 fully saturated rings. The van der Waals surface area contributed by atoms with Gasteiger partial charge in [-0.3, -0.25) is 4.79 Å². The maximum atomic E-state index is 13.5. The van der Waals surface area contributed by atoms with Gasteiger partial charge in [-0.15, -0.1) is 0 Å². The molecule has 40 heavy (non-hydrogen) atoms. The fraction of sp³-hybridized carbons (Fsp3) is 0.281. The Balaban J connectivity index is 1.60. The summed E-state index contributed by atoms with van der Waals surface area (Å²) in [4.78, 5) is 28.3. The fourth-order valence-corrected chi connectivity index (χ4v) is 4.33. The molecule has 0 aliphatic rings. The Morgan fingerprint density at radius 2 is 1.68 bits per heavy atom. The van der Waals surface area contributed by atoms with Gasteiger partial charge < -0.3 is 20.3 Å². The molecule has 1 aromatic heterocycles. The van der Waals surface area contributed by atoms with Crippen LogP contribution in [0.2, 0.25) is 0 Å². The quantitative estimate of drug-likeness (QED) is 0.269. The summed E-state index contributed by atoms with van der Waals surface area (Å²) >= 11 is 0. The number of rotatable bonds is 8. The number of hydrogen-bond acceptors (Lipinski definition) is 4. The second-order valence-corrected chi connectivity index (χ2v) is 10.9. The predicted octanol–water partition coefficient (Wildman–Crippen LogP) is 6.47. The Labute approximate surface area is 236 Å². The van der Waals surface area contributed by atoms with Crippen molar-refractivity contribution in [3.05, 3.63) is 101 Å². The van der Waals surface area contributed by atoms with Crippen molar-refractivity contribution in [3.63, 3.8) is 0 Å². The van der Waals surface area contributed by atoms with Crippen LogP contribution in [-0.4, -0.2) is 40.3 Å². The molecule has 8 heteroatoms. The summed E-state index contributed by atoms with van der Waals surface area (Å²) in [7, 11) is 1.57. The topological polar surface area (TPSA) is 88.5 Å². The zero-order valence-corrected chi connectivity index (χ0v) is 24.0. The maximum absolute atomic E-state index is 13.5. The molecule has 0 saturated heterocycles. The molecule has 0 bridgehead atoms. The summed E-state index contributed by atoms with van der Waals surface area (Å²) in [6.45, 7) is 10.4. The lowest BCUT2D eigenvalue weighted by molar-refractivity contribution is -0.116. The van der Waals surface area contributed by atoms with E-state index < -0.39 is 6.03 Å². The van der Waals surface area contributed by atoms with Gasteiger partial charge in [0, 0.05) is 29.8 Å². The lowest BCUT2D eigenvalue weighted by Crippen LogP contribution is -2.40. The lowest BCUT2D eigenvalue weighted by Gasteiger charge is -2.23. The summed E-state index contributed by atoms with van der Waals surface area (Å²) in [5.41, 5.74) is 5.18. The first-order valence-electron chi connectivity index (χ1n) is 13.3.